The SMILES string of the molecule is CC(C)=CCCC(C)=CCC[C@@](C)(Cl)[C@H](O)Cc1c[nH]c(N(O)O)c1. The number of nitrogens with zero attached hydrogens (tertiary/aromatic N) is 1. The predicted molar refractivity (Wildman–Crippen MR) is 102 cm³/mol. The average molecular weight is 371 g/mol. The number of hydrogen-bond donors (Lipinski definition) is 4. The van der Waals surface area contributed by atoms with Crippen LogP contribution in [0.3, 0.4) is 0 Å². The Kier molecular flexibility index (Phi) is 8.73. The third-order valence-electron chi connectivity index (χ3n) is 4.28. The van der Waals surface area contributed by atoms with Crippen LogP contribution in [0.1, 0.15) is 58.9 Å². The second kappa shape index (κ2) is 10.0. The minimum absolute atomic E-state index is 0.0125. The molecule has 1 aromatic rings. The van der Waals surface area contributed by atoms with E-state index in [2.05, 4.69) is 37.9 Å². The largest absolute Gasteiger partial charge is 0.391 e. The molecule has 0 aliphatic rings. The first-order valence-electron chi connectivity index (χ1n) is 8.63. The zero-order valence-corrected chi connectivity index (χ0v) is 16.3. The molecule has 1 aromatic heterocycles. The van der Waals surface area contributed by atoms with Crippen molar-refractivity contribution < 1.29 is 15.5 Å². The van der Waals surface area contributed by atoms with Gasteiger partial charge in [0, 0.05) is 12.6 Å². The summed E-state index contributed by atoms with van der Waals surface area (Å²) in [5.74, 6) is 0.147. The lowest BCUT2D eigenvalue weighted by Crippen LogP contribution is -2.35. The van der Waals surface area contributed by atoms with E-state index < -0.39 is 11.0 Å². The number of H-pyrrole nitrogens is 1. The topological polar surface area (TPSA) is 79.7 Å². The van der Waals surface area contributed by atoms with Crippen LogP contribution in [0.2, 0.25) is 0 Å². The van der Waals surface area contributed by atoms with Gasteiger partial charge in [-0.1, -0.05) is 23.3 Å². The summed E-state index contributed by atoms with van der Waals surface area (Å²) < 4.78 is 0. The minimum Gasteiger partial charge on any atom is -0.391 e. The first-order chi connectivity index (χ1) is 11.6. The molecule has 5 nitrogen and oxygen atoms in total. The highest BCUT2D eigenvalue weighted by Gasteiger charge is 2.30. The molecule has 0 aliphatic heterocycles. The maximum atomic E-state index is 10.4. The van der Waals surface area contributed by atoms with E-state index in [9.17, 15) is 5.11 Å². The molecule has 0 saturated carbocycles. The van der Waals surface area contributed by atoms with E-state index in [-0.39, 0.29) is 11.0 Å². The van der Waals surface area contributed by atoms with Gasteiger partial charge in [0.25, 0.3) is 0 Å². The van der Waals surface area contributed by atoms with E-state index in [4.69, 9.17) is 22.0 Å². The van der Waals surface area contributed by atoms with Crippen LogP contribution in [0.15, 0.2) is 35.6 Å². The molecule has 1 rings (SSSR count). The van der Waals surface area contributed by atoms with E-state index in [0.29, 0.717) is 12.8 Å². The zero-order chi connectivity index (χ0) is 19.0. The van der Waals surface area contributed by atoms with E-state index in [1.165, 1.54) is 11.1 Å². The van der Waals surface area contributed by atoms with Crippen molar-refractivity contribution in [2.24, 2.45) is 0 Å². The summed E-state index contributed by atoms with van der Waals surface area (Å²) in [5, 5.41) is 28.3. The number of hydrogen-bond acceptors (Lipinski definition) is 4. The Balaban J connectivity index is 2.48. The Morgan fingerprint density at radius 2 is 1.96 bits per heavy atom. The highest BCUT2D eigenvalue weighted by molar-refractivity contribution is 6.24. The fourth-order valence-corrected chi connectivity index (χ4v) is 2.74. The number of aromatic amines is 1. The van der Waals surface area contributed by atoms with E-state index in [1.807, 2.05) is 6.92 Å². The van der Waals surface area contributed by atoms with Crippen LogP contribution in [0.25, 0.3) is 0 Å². The molecular formula is C19H31ClN2O3. The molecule has 1 heterocycles. The van der Waals surface area contributed by atoms with E-state index >= 15 is 0 Å². The van der Waals surface area contributed by atoms with Gasteiger partial charge in [-0.3, -0.25) is 10.4 Å². The van der Waals surface area contributed by atoms with Crippen molar-refractivity contribution in [1.29, 1.82) is 0 Å². The van der Waals surface area contributed by atoms with Crippen molar-refractivity contribution in [1.82, 2.24) is 4.98 Å². The maximum Gasteiger partial charge on any atom is 0.161 e. The van der Waals surface area contributed by atoms with Gasteiger partial charge < -0.3 is 10.1 Å². The molecule has 4 N–H and O–H groups in total. The van der Waals surface area contributed by atoms with Crippen LogP contribution in [0.4, 0.5) is 5.82 Å². The van der Waals surface area contributed by atoms with Crippen LogP contribution in [-0.4, -0.2) is 31.5 Å². The number of alkyl halides is 1. The van der Waals surface area contributed by atoms with Gasteiger partial charge >= 0.3 is 0 Å². The van der Waals surface area contributed by atoms with Crippen LogP contribution in [0.5, 0.6) is 0 Å². The number of aromatic nitrogens is 1. The Morgan fingerprint density at radius 1 is 1.28 bits per heavy atom. The predicted octanol–water partition coefficient (Wildman–Crippen LogP) is 4.97. The molecule has 0 radical (unpaired) electrons. The molecular weight excluding hydrogens is 340 g/mol. The quantitative estimate of drug-likeness (QED) is 0.266. The Labute approximate surface area is 155 Å². The molecule has 2 atom stereocenters. The Hall–Kier alpha value is -1.27. The number of nitrogens with one attached hydrogen (secondary N) is 1. The lowest BCUT2D eigenvalue weighted by atomic mass is 9.93. The summed E-state index contributed by atoms with van der Waals surface area (Å²) in [6.07, 6.45) is 9.23. The van der Waals surface area contributed by atoms with Gasteiger partial charge in [-0.05, 0) is 65.0 Å². The third kappa shape index (κ3) is 8.10. The van der Waals surface area contributed by atoms with Crippen LogP contribution in [-0.2, 0) is 6.42 Å². The van der Waals surface area contributed by atoms with Crippen molar-refractivity contribution in [2.45, 2.75) is 70.8 Å². The van der Waals surface area contributed by atoms with Crippen LogP contribution < -0.4 is 5.23 Å². The highest BCUT2D eigenvalue weighted by atomic mass is 35.5. The van der Waals surface area contributed by atoms with Crippen molar-refractivity contribution in [3.05, 3.63) is 41.1 Å². The van der Waals surface area contributed by atoms with Crippen molar-refractivity contribution in [3.63, 3.8) is 0 Å². The van der Waals surface area contributed by atoms with Crippen molar-refractivity contribution in [3.8, 4) is 0 Å². The first kappa shape index (κ1) is 21.8. The molecule has 0 amide bonds. The summed E-state index contributed by atoms with van der Waals surface area (Å²) >= 11 is 6.53. The average Bonchev–Trinajstić information content (AvgIpc) is 2.95. The second-order valence-electron chi connectivity index (χ2n) is 7.09. The Morgan fingerprint density at radius 3 is 2.52 bits per heavy atom. The summed E-state index contributed by atoms with van der Waals surface area (Å²) in [4.78, 5) is 1.96. The smallest absolute Gasteiger partial charge is 0.161 e. The zero-order valence-electron chi connectivity index (χ0n) is 15.6. The minimum atomic E-state index is -0.744. The molecule has 0 spiro atoms. The van der Waals surface area contributed by atoms with Gasteiger partial charge in [0.1, 0.15) is 0 Å². The van der Waals surface area contributed by atoms with Crippen LogP contribution in [0, 0.1) is 0 Å². The van der Waals surface area contributed by atoms with Crippen LogP contribution >= 0.6 is 11.6 Å². The fraction of sp³-hybridized carbons (Fsp3) is 0.579. The van der Waals surface area contributed by atoms with Gasteiger partial charge in [-0.25, -0.2) is 0 Å². The molecule has 0 saturated heterocycles. The third-order valence-corrected chi connectivity index (χ3v) is 4.72. The number of allylic oxidation sites excluding steroid dienone is 4. The standard InChI is InChI=1S/C19H31ClN2O3/c1-14(2)7-5-8-15(3)9-6-10-19(4,20)17(23)11-16-12-18(21-13-16)22(24)25/h7,9,12-13,17,21,23-25H,5-6,8,10-11H2,1-4H3/t17-,19-/m1/s1. The second-order valence-corrected chi connectivity index (χ2v) is 7.95. The van der Waals surface area contributed by atoms with Gasteiger partial charge in [-0.2, -0.15) is 0 Å². The maximum absolute atomic E-state index is 10.4. The van der Waals surface area contributed by atoms with Crippen molar-refractivity contribution >= 4 is 17.4 Å². The van der Waals surface area contributed by atoms with Crippen molar-refractivity contribution in [2.75, 3.05) is 5.23 Å². The number of anilines is 1. The highest BCUT2D eigenvalue weighted by Crippen LogP contribution is 2.29. The summed E-state index contributed by atoms with van der Waals surface area (Å²) in [6.45, 7) is 8.16. The fourth-order valence-electron chi connectivity index (χ4n) is 2.55. The normalized spacial score (nSPS) is 15.6. The molecule has 0 aliphatic carbocycles. The summed E-state index contributed by atoms with van der Waals surface area (Å²) in [6, 6.07) is 1.56. The summed E-state index contributed by atoms with van der Waals surface area (Å²) in [7, 11) is 0. The van der Waals surface area contributed by atoms with Gasteiger partial charge in [0.15, 0.2) is 5.82 Å². The molecule has 142 valence electrons. The van der Waals surface area contributed by atoms with Gasteiger partial charge in [0.05, 0.1) is 11.0 Å². The molecule has 25 heavy (non-hydrogen) atoms. The number of rotatable bonds is 10. The molecule has 0 fully saturated rings. The summed E-state index contributed by atoms with van der Waals surface area (Å²) in [5.41, 5.74) is 3.43. The number of halogens is 1. The first-order valence-corrected chi connectivity index (χ1v) is 9.00. The lowest BCUT2D eigenvalue weighted by molar-refractivity contribution is 0.0270. The lowest BCUT2D eigenvalue weighted by Gasteiger charge is -2.27. The van der Waals surface area contributed by atoms with E-state index in [0.717, 1.165) is 24.8 Å². The molecule has 0 unspecified atom stereocenters. The molecule has 6 heteroatoms. The van der Waals surface area contributed by atoms with Gasteiger partial charge in [0.2, 0.25) is 0 Å². The molecule has 0 aromatic carbocycles. The number of aliphatic hydroxyl groups is 1. The molecule has 0 bridgehead atoms. The van der Waals surface area contributed by atoms with Gasteiger partial charge in [-0.15, -0.1) is 16.8 Å². The Bertz CT molecular complexity index is 587. The van der Waals surface area contributed by atoms with E-state index in [1.54, 1.807) is 12.3 Å². The monoisotopic (exact) mass is 370 g/mol. The number of aliphatic hydroxyl groups excluding tert-OH is 1.